The van der Waals surface area contributed by atoms with E-state index >= 15 is 0 Å². The molecule has 9 heteroatoms. The largest absolute Gasteiger partial charge is 0.476 e. The lowest BCUT2D eigenvalue weighted by Gasteiger charge is -2.35. The number of halogens is 1. The molecule has 1 unspecified atom stereocenters. The van der Waals surface area contributed by atoms with E-state index in [1.165, 1.54) is 6.07 Å². The lowest BCUT2D eigenvalue weighted by Crippen LogP contribution is -2.46. The van der Waals surface area contributed by atoms with Gasteiger partial charge in [0.2, 0.25) is 0 Å². The molecule has 2 fully saturated rings. The van der Waals surface area contributed by atoms with Gasteiger partial charge >= 0.3 is 0 Å². The third-order valence-electron chi connectivity index (χ3n) is 6.05. The molecule has 2 N–H and O–H groups in total. The third kappa shape index (κ3) is 4.38. The Morgan fingerprint density at radius 3 is 2.72 bits per heavy atom. The predicted octanol–water partition coefficient (Wildman–Crippen LogP) is 2.15. The molecule has 1 saturated carbocycles. The van der Waals surface area contributed by atoms with Gasteiger partial charge in [-0.2, -0.15) is 0 Å². The van der Waals surface area contributed by atoms with Gasteiger partial charge in [0.15, 0.2) is 17.7 Å². The molecular weight excluding hydrogens is 413 g/mol. The number of ether oxygens (including phenoxy) is 1. The number of anilines is 2. The van der Waals surface area contributed by atoms with Crippen molar-refractivity contribution in [2.75, 3.05) is 36.4 Å². The van der Waals surface area contributed by atoms with Crippen molar-refractivity contribution in [3.8, 4) is 5.75 Å². The minimum atomic E-state index is -0.703. The van der Waals surface area contributed by atoms with E-state index in [9.17, 15) is 14.0 Å². The molecule has 32 heavy (non-hydrogen) atoms. The topological polar surface area (TPSA) is 86.8 Å². The molecule has 8 nitrogen and oxygen atoms in total. The molecular formula is C23H26FN5O3. The van der Waals surface area contributed by atoms with E-state index < -0.39 is 11.9 Å². The van der Waals surface area contributed by atoms with E-state index in [1.54, 1.807) is 19.2 Å². The number of pyridine rings is 1. The lowest BCUT2D eigenvalue weighted by atomic mass is 10.1. The molecule has 1 aliphatic carbocycles. The van der Waals surface area contributed by atoms with Crippen LogP contribution in [-0.4, -0.2) is 60.0 Å². The molecule has 3 aliphatic rings. The van der Waals surface area contributed by atoms with Crippen molar-refractivity contribution in [1.29, 1.82) is 0 Å². The third-order valence-corrected chi connectivity index (χ3v) is 6.05. The molecule has 0 spiro atoms. The van der Waals surface area contributed by atoms with Gasteiger partial charge in [-0.15, -0.1) is 0 Å². The van der Waals surface area contributed by atoms with E-state index in [2.05, 4.69) is 25.4 Å². The summed E-state index contributed by atoms with van der Waals surface area (Å²) in [6.07, 6.45) is 3.04. The fourth-order valence-electron chi connectivity index (χ4n) is 4.02. The summed E-state index contributed by atoms with van der Waals surface area (Å²) >= 11 is 0. The second-order valence-corrected chi connectivity index (χ2v) is 8.62. The zero-order valence-corrected chi connectivity index (χ0v) is 17.9. The number of carbonyl (C=O) groups excluding carboxylic acids is 2. The van der Waals surface area contributed by atoms with Crippen molar-refractivity contribution in [2.24, 2.45) is 0 Å². The molecule has 1 aromatic carbocycles. The van der Waals surface area contributed by atoms with Crippen molar-refractivity contribution < 1.29 is 18.7 Å². The summed E-state index contributed by atoms with van der Waals surface area (Å²) in [6.45, 7) is 5.33. The maximum atomic E-state index is 14.5. The Kier molecular flexibility index (Phi) is 5.42. The van der Waals surface area contributed by atoms with Crippen LogP contribution in [0.3, 0.4) is 0 Å². The summed E-state index contributed by atoms with van der Waals surface area (Å²) in [5, 5.41) is 5.68. The summed E-state index contributed by atoms with van der Waals surface area (Å²) in [7, 11) is 0. The summed E-state index contributed by atoms with van der Waals surface area (Å²) in [4.78, 5) is 32.9. The number of rotatable bonds is 5. The molecule has 0 bridgehead atoms. The molecule has 1 saturated heterocycles. The highest BCUT2D eigenvalue weighted by atomic mass is 19.1. The molecule has 3 heterocycles. The first kappa shape index (κ1) is 20.7. The SMILES string of the molecule is CC1Oc2c(F)cc(CN3CCN(c4ccc(C(=O)NC5CC5)cn4)CC3)cc2NC1=O. The van der Waals surface area contributed by atoms with Crippen LogP contribution in [0, 0.1) is 5.82 Å². The molecule has 2 aromatic rings. The predicted molar refractivity (Wildman–Crippen MR) is 117 cm³/mol. The van der Waals surface area contributed by atoms with Crippen molar-refractivity contribution in [1.82, 2.24) is 15.2 Å². The number of aromatic nitrogens is 1. The quantitative estimate of drug-likeness (QED) is 0.743. The summed E-state index contributed by atoms with van der Waals surface area (Å²) < 4.78 is 19.9. The summed E-state index contributed by atoms with van der Waals surface area (Å²) in [5.74, 6) is 0.154. The Hall–Kier alpha value is -3.20. The average molecular weight is 439 g/mol. The van der Waals surface area contributed by atoms with Crippen LogP contribution in [0.25, 0.3) is 0 Å². The Bertz CT molecular complexity index is 1030. The maximum absolute atomic E-state index is 14.5. The molecule has 0 radical (unpaired) electrons. The Morgan fingerprint density at radius 1 is 1.25 bits per heavy atom. The fraction of sp³-hybridized carbons (Fsp3) is 0.435. The number of amides is 2. The van der Waals surface area contributed by atoms with Crippen LogP contribution < -0.4 is 20.3 Å². The second-order valence-electron chi connectivity index (χ2n) is 8.62. The highest BCUT2D eigenvalue weighted by molar-refractivity contribution is 5.97. The number of nitrogens with zero attached hydrogens (tertiary/aromatic N) is 3. The smallest absolute Gasteiger partial charge is 0.265 e. The molecule has 1 aromatic heterocycles. The Morgan fingerprint density at radius 2 is 2.03 bits per heavy atom. The van der Waals surface area contributed by atoms with E-state index in [0.29, 0.717) is 23.8 Å². The molecule has 168 valence electrons. The van der Waals surface area contributed by atoms with Crippen LogP contribution in [-0.2, 0) is 11.3 Å². The number of carbonyl (C=O) groups is 2. The van der Waals surface area contributed by atoms with Gasteiger partial charge < -0.3 is 20.3 Å². The van der Waals surface area contributed by atoms with Crippen LogP contribution in [0.5, 0.6) is 5.75 Å². The molecule has 5 rings (SSSR count). The van der Waals surface area contributed by atoms with E-state index in [-0.39, 0.29) is 17.6 Å². The van der Waals surface area contributed by atoms with Crippen molar-refractivity contribution >= 4 is 23.3 Å². The van der Waals surface area contributed by atoms with E-state index in [0.717, 1.165) is 50.4 Å². The highest BCUT2D eigenvalue weighted by Crippen LogP contribution is 2.34. The van der Waals surface area contributed by atoms with E-state index in [1.807, 2.05) is 12.1 Å². The van der Waals surface area contributed by atoms with Gasteiger partial charge in [-0.25, -0.2) is 9.37 Å². The van der Waals surface area contributed by atoms with Crippen LogP contribution >= 0.6 is 0 Å². The molecule has 1 atom stereocenters. The zero-order chi connectivity index (χ0) is 22.2. The fourth-order valence-corrected chi connectivity index (χ4v) is 4.02. The normalized spacial score (nSPS) is 20.9. The Labute approximate surface area is 185 Å². The zero-order valence-electron chi connectivity index (χ0n) is 17.9. The molecule has 2 aliphatic heterocycles. The minimum Gasteiger partial charge on any atom is -0.476 e. The average Bonchev–Trinajstić information content (AvgIpc) is 3.60. The van der Waals surface area contributed by atoms with Gasteiger partial charge in [0.1, 0.15) is 5.82 Å². The minimum absolute atomic E-state index is 0.0651. The molecule has 2 amide bonds. The summed E-state index contributed by atoms with van der Waals surface area (Å²) in [5.41, 5.74) is 1.76. The lowest BCUT2D eigenvalue weighted by molar-refractivity contribution is -0.122. The van der Waals surface area contributed by atoms with E-state index in [4.69, 9.17) is 4.74 Å². The number of fused-ring (bicyclic) bond motifs is 1. The monoisotopic (exact) mass is 439 g/mol. The first-order valence-corrected chi connectivity index (χ1v) is 11.0. The highest BCUT2D eigenvalue weighted by Gasteiger charge is 2.28. The van der Waals surface area contributed by atoms with Gasteiger partial charge in [0.05, 0.1) is 11.3 Å². The van der Waals surface area contributed by atoms with Crippen molar-refractivity contribution in [3.05, 3.63) is 47.4 Å². The van der Waals surface area contributed by atoms with Crippen LogP contribution in [0.1, 0.15) is 35.7 Å². The number of hydrogen-bond acceptors (Lipinski definition) is 6. The van der Waals surface area contributed by atoms with Gasteiger partial charge in [0.25, 0.3) is 11.8 Å². The number of benzene rings is 1. The van der Waals surface area contributed by atoms with Gasteiger partial charge in [-0.3, -0.25) is 14.5 Å². The van der Waals surface area contributed by atoms with Crippen LogP contribution in [0.4, 0.5) is 15.9 Å². The summed E-state index contributed by atoms with van der Waals surface area (Å²) in [6, 6.07) is 7.29. The van der Waals surface area contributed by atoms with Crippen molar-refractivity contribution in [3.63, 3.8) is 0 Å². The standard InChI is InChI=1S/C23H26FN5O3/c1-14-22(30)27-19-11-15(10-18(24)21(19)32-14)13-28-6-8-29(9-7-28)20-5-2-16(12-25-20)23(31)26-17-3-4-17/h2,5,10-12,14,17H,3-4,6-9,13H2,1H3,(H,26,31)(H,27,30). The number of piperazine rings is 1. The van der Waals surface area contributed by atoms with Crippen molar-refractivity contribution in [2.45, 2.75) is 38.5 Å². The van der Waals surface area contributed by atoms with Gasteiger partial charge in [0, 0.05) is 45.0 Å². The van der Waals surface area contributed by atoms with Gasteiger partial charge in [-0.1, -0.05) is 0 Å². The van der Waals surface area contributed by atoms with Crippen LogP contribution in [0.2, 0.25) is 0 Å². The van der Waals surface area contributed by atoms with Crippen LogP contribution in [0.15, 0.2) is 30.5 Å². The van der Waals surface area contributed by atoms with Gasteiger partial charge in [-0.05, 0) is 49.6 Å². The second kappa shape index (κ2) is 8.38. The maximum Gasteiger partial charge on any atom is 0.265 e. The number of nitrogens with one attached hydrogen (secondary N) is 2. The number of hydrogen-bond donors (Lipinski definition) is 2. The Balaban J connectivity index is 1.17. The first-order chi connectivity index (χ1) is 15.5. The first-order valence-electron chi connectivity index (χ1n) is 11.0.